The summed E-state index contributed by atoms with van der Waals surface area (Å²) in [5, 5.41) is 8.53. The monoisotopic (exact) mass is 248 g/mol. The summed E-state index contributed by atoms with van der Waals surface area (Å²) < 4.78 is 26.5. The van der Waals surface area contributed by atoms with Crippen LogP contribution >= 0.6 is 0 Å². The normalized spacial score (nSPS) is 11.6. The van der Waals surface area contributed by atoms with Gasteiger partial charge in [-0.15, -0.1) is 0 Å². The van der Waals surface area contributed by atoms with Crippen molar-refractivity contribution >= 4 is 6.08 Å². The standard InChI is InChI=1S/C13H10F2N2O/c14-11(8-18)6-9-2-3-10(7-12(9)15)13-16-4-1-5-17-13/h1-7,18H,8H2/b11-6-. The van der Waals surface area contributed by atoms with Crippen molar-refractivity contribution in [2.75, 3.05) is 6.61 Å². The number of halogens is 2. The number of aromatic nitrogens is 2. The van der Waals surface area contributed by atoms with Crippen LogP contribution in [-0.4, -0.2) is 21.7 Å². The summed E-state index contributed by atoms with van der Waals surface area (Å²) in [6, 6.07) is 5.89. The van der Waals surface area contributed by atoms with E-state index < -0.39 is 18.3 Å². The minimum Gasteiger partial charge on any atom is -0.389 e. The maximum Gasteiger partial charge on any atom is 0.159 e. The first kappa shape index (κ1) is 12.3. The van der Waals surface area contributed by atoms with Gasteiger partial charge in [0.2, 0.25) is 0 Å². The van der Waals surface area contributed by atoms with E-state index in [0.717, 1.165) is 6.08 Å². The van der Waals surface area contributed by atoms with Gasteiger partial charge in [-0.2, -0.15) is 0 Å². The van der Waals surface area contributed by atoms with Crippen LogP contribution in [0, 0.1) is 5.82 Å². The van der Waals surface area contributed by atoms with Gasteiger partial charge < -0.3 is 5.11 Å². The van der Waals surface area contributed by atoms with Gasteiger partial charge in [0.15, 0.2) is 5.82 Å². The molecular weight excluding hydrogens is 238 g/mol. The van der Waals surface area contributed by atoms with Crippen LogP contribution in [0.1, 0.15) is 5.56 Å². The van der Waals surface area contributed by atoms with E-state index in [9.17, 15) is 8.78 Å². The van der Waals surface area contributed by atoms with E-state index >= 15 is 0 Å². The van der Waals surface area contributed by atoms with E-state index in [0.29, 0.717) is 11.4 Å². The lowest BCUT2D eigenvalue weighted by atomic mass is 10.1. The number of benzene rings is 1. The number of hydrogen-bond donors (Lipinski definition) is 1. The summed E-state index contributed by atoms with van der Waals surface area (Å²) in [4.78, 5) is 7.98. The van der Waals surface area contributed by atoms with Gasteiger partial charge in [-0.3, -0.25) is 0 Å². The Balaban J connectivity index is 2.37. The van der Waals surface area contributed by atoms with Crippen LogP contribution in [0.25, 0.3) is 17.5 Å². The van der Waals surface area contributed by atoms with Crippen LogP contribution < -0.4 is 0 Å². The van der Waals surface area contributed by atoms with Gasteiger partial charge in [0.1, 0.15) is 11.6 Å². The van der Waals surface area contributed by atoms with Crippen molar-refractivity contribution in [3.05, 3.63) is 53.9 Å². The van der Waals surface area contributed by atoms with Crippen molar-refractivity contribution in [1.82, 2.24) is 9.97 Å². The molecule has 0 saturated heterocycles. The SMILES string of the molecule is OC/C(F)=C/c1ccc(-c2ncccn2)cc1F. The highest BCUT2D eigenvalue weighted by Crippen LogP contribution is 2.20. The Hall–Kier alpha value is -2.14. The maximum atomic E-state index is 13.7. The molecule has 1 heterocycles. The average molecular weight is 248 g/mol. The fourth-order valence-electron chi connectivity index (χ4n) is 1.45. The van der Waals surface area contributed by atoms with Gasteiger partial charge >= 0.3 is 0 Å². The molecule has 0 aliphatic heterocycles. The van der Waals surface area contributed by atoms with Crippen LogP contribution in [0.15, 0.2) is 42.5 Å². The number of aliphatic hydroxyl groups is 1. The highest BCUT2D eigenvalue weighted by molar-refractivity contribution is 5.60. The van der Waals surface area contributed by atoms with E-state index in [1.165, 1.54) is 12.1 Å². The highest BCUT2D eigenvalue weighted by atomic mass is 19.1. The van der Waals surface area contributed by atoms with Crippen molar-refractivity contribution in [1.29, 1.82) is 0 Å². The molecule has 0 aliphatic carbocycles. The lowest BCUT2D eigenvalue weighted by Gasteiger charge is -2.02. The predicted molar refractivity (Wildman–Crippen MR) is 63.6 cm³/mol. The lowest BCUT2D eigenvalue weighted by Crippen LogP contribution is -1.91. The van der Waals surface area contributed by atoms with Crippen molar-refractivity contribution < 1.29 is 13.9 Å². The largest absolute Gasteiger partial charge is 0.389 e. The third-order valence-electron chi connectivity index (χ3n) is 2.29. The Bertz CT molecular complexity index is 570. The molecule has 0 saturated carbocycles. The predicted octanol–water partition coefficient (Wildman–Crippen LogP) is 2.59. The molecule has 92 valence electrons. The minimum absolute atomic E-state index is 0.0706. The molecule has 0 unspecified atom stereocenters. The molecule has 0 amide bonds. The van der Waals surface area contributed by atoms with Gasteiger partial charge in [0.25, 0.3) is 0 Å². The number of rotatable bonds is 3. The van der Waals surface area contributed by atoms with Crippen LogP contribution in [0.5, 0.6) is 0 Å². The van der Waals surface area contributed by atoms with E-state index in [1.807, 2.05) is 0 Å². The van der Waals surface area contributed by atoms with Crippen molar-refractivity contribution in [2.45, 2.75) is 0 Å². The first-order valence-electron chi connectivity index (χ1n) is 5.24. The van der Waals surface area contributed by atoms with Gasteiger partial charge in [-0.05, 0) is 18.2 Å². The molecule has 5 heteroatoms. The molecule has 2 aromatic rings. The van der Waals surface area contributed by atoms with Gasteiger partial charge in [0, 0.05) is 23.5 Å². The molecule has 2 rings (SSSR count). The van der Waals surface area contributed by atoms with Crippen molar-refractivity contribution in [2.24, 2.45) is 0 Å². The molecule has 1 N–H and O–H groups in total. The molecule has 0 spiro atoms. The van der Waals surface area contributed by atoms with Crippen LogP contribution in [0.4, 0.5) is 8.78 Å². The van der Waals surface area contributed by atoms with Crippen molar-refractivity contribution in [3.63, 3.8) is 0 Å². The Morgan fingerprint density at radius 3 is 2.61 bits per heavy atom. The van der Waals surface area contributed by atoms with E-state index in [4.69, 9.17) is 5.11 Å². The van der Waals surface area contributed by atoms with Crippen LogP contribution in [0.3, 0.4) is 0 Å². The summed E-state index contributed by atoms with van der Waals surface area (Å²) in [5.74, 6) is -0.990. The zero-order valence-electron chi connectivity index (χ0n) is 9.35. The van der Waals surface area contributed by atoms with E-state index in [1.54, 1.807) is 24.5 Å². The minimum atomic E-state index is -0.794. The Morgan fingerprint density at radius 2 is 2.00 bits per heavy atom. The van der Waals surface area contributed by atoms with Gasteiger partial charge in [-0.1, -0.05) is 12.1 Å². The Kier molecular flexibility index (Phi) is 3.74. The summed E-state index contributed by atoms with van der Waals surface area (Å²) in [7, 11) is 0. The van der Waals surface area contributed by atoms with E-state index in [2.05, 4.69) is 9.97 Å². The lowest BCUT2D eigenvalue weighted by molar-refractivity contribution is 0.300. The maximum absolute atomic E-state index is 13.7. The second-order valence-corrected chi connectivity index (χ2v) is 3.56. The third kappa shape index (κ3) is 2.75. The molecular formula is C13H10F2N2O. The quantitative estimate of drug-likeness (QED) is 0.908. The fourth-order valence-corrected chi connectivity index (χ4v) is 1.45. The summed E-state index contributed by atoms with van der Waals surface area (Å²) in [5.41, 5.74) is 0.580. The number of aliphatic hydroxyl groups excluding tert-OH is 1. The topological polar surface area (TPSA) is 46.0 Å². The molecule has 0 radical (unpaired) electrons. The second kappa shape index (κ2) is 5.46. The molecule has 0 bridgehead atoms. The van der Waals surface area contributed by atoms with Crippen LogP contribution in [-0.2, 0) is 0 Å². The third-order valence-corrected chi connectivity index (χ3v) is 2.29. The first-order chi connectivity index (χ1) is 8.70. The fraction of sp³-hybridized carbons (Fsp3) is 0.0769. The molecule has 0 fully saturated rings. The molecule has 0 atom stereocenters. The highest BCUT2D eigenvalue weighted by Gasteiger charge is 2.06. The van der Waals surface area contributed by atoms with Gasteiger partial charge in [-0.25, -0.2) is 18.7 Å². The van der Waals surface area contributed by atoms with Gasteiger partial charge in [0.05, 0.1) is 6.61 Å². The van der Waals surface area contributed by atoms with Crippen molar-refractivity contribution in [3.8, 4) is 11.4 Å². The summed E-state index contributed by atoms with van der Waals surface area (Å²) in [6.07, 6.45) is 4.06. The molecule has 1 aromatic heterocycles. The summed E-state index contributed by atoms with van der Waals surface area (Å²) in [6.45, 7) is -0.747. The number of hydrogen-bond acceptors (Lipinski definition) is 3. The Labute approximate surface area is 102 Å². The average Bonchev–Trinajstić information content (AvgIpc) is 2.42. The molecule has 1 aromatic carbocycles. The smallest absolute Gasteiger partial charge is 0.159 e. The Morgan fingerprint density at radius 1 is 1.28 bits per heavy atom. The molecule has 0 aliphatic rings. The molecule has 18 heavy (non-hydrogen) atoms. The zero-order chi connectivity index (χ0) is 13.0. The molecule has 3 nitrogen and oxygen atoms in total. The number of nitrogens with zero attached hydrogens (tertiary/aromatic N) is 2. The second-order valence-electron chi connectivity index (χ2n) is 3.56. The summed E-state index contributed by atoms with van der Waals surface area (Å²) >= 11 is 0. The zero-order valence-corrected chi connectivity index (χ0v) is 9.35. The van der Waals surface area contributed by atoms with Crippen LogP contribution in [0.2, 0.25) is 0 Å². The first-order valence-corrected chi connectivity index (χ1v) is 5.24. The van der Waals surface area contributed by atoms with E-state index in [-0.39, 0.29) is 5.56 Å².